The molecule has 1 aliphatic rings. The maximum Gasteiger partial charge on any atom is 0.270 e. The number of anilines is 1. The molecule has 2 N–H and O–H groups in total. The lowest BCUT2D eigenvalue weighted by Crippen LogP contribution is -3.13. The summed E-state index contributed by atoms with van der Waals surface area (Å²) in [5.74, 6) is 0.921. The summed E-state index contributed by atoms with van der Waals surface area (Å²) in [6.45, 7) is 2.80. The van der Waals surface area contributed by atoms with Crippen LogP contribution in [0, 0.1) is 21.4 Å². The van der Waals surface area contributed by atoms with Crippen LogP contribution in [0.3, 0.4) is 0 Å². The van der Waals surface area contributed by atoms with Crippen molar-refractivity contribution in [2.75, 3.05) is 25.0 Å². The van der Waals surface area contributed by atoms with E-state index in [0.717, 1.165) is 18.8 Å². The van der Waals surface area contributed by atoms with E-state index in [4.69, 9.17) is 4.42 Å². The van der Waals surface area contributed by atoms with Crippen LogP contribution >= 0.6 is 0 Å². The third-order valence-electron chi connectivity index (χ3n) is 4.71. The lowest BCUT2D eigenvalue weighted by molar-refractivity contribution is -0.935. The number of furan rings is 1. The van der Waals surface area contributed by atoms with Crippen LogP contribution in [0.1, 0.15) is 36.6 Å². The number of nitrogens with zero attached hydrogens (tertiary/aromatic N) is 2. The lowest BCUT2D eigenvalue weighted by atomic mass is 10.1. The Hall–Kier alpha value is -2.85. The largest absolute Gasteiger partial charge is 0.463 e. The summed E-state index contributed by atoms with van der Waals surface area (Å²) in [6.07, 6.45) is 5.35. The molecule has 0 radical (unpaired) electrons. The highest BCUT2D eigenvalue weighted by Gasteiger charge is 2.28. The van der Waals surface area contributed by atoms with Gasteiger partial charge in [-0.1, -0.05) is 0 Å². The number of non-ortho nitro benzene ring substituents is 1. The minimum atomic E-state index is -0.492. The third-order valence-corrected chi connectivity index (χ3v) is 4.71. The summed E-state index contributed by atoms with van der Waals surface area (Å²) in [5, 5.41) is 23.4. The van der Waals surface area contributed by atoms with Crippen molar-refractivity contribution < 1.29 is 14.2 Å². The molecule has 7 nitrogen and oxygen atoms in total. The average molecular weight is 341 g/mol. The number of nitro groups is 1. The van der Waals surface area contributed by atoms with Gasteiger partial charge in [-0.05, 0) is 37.5 Å². The first-order valence-corrected chi connectivity index (χ1v) is 8.49. The first-order valence-electron chi connectivity index (χ1n) is 8.49. The summed E-state index contributed by atoms with van der Waals surface area (Å²) < 4.78 is 5.63. The van der Waals surface area contributed by atoms with Gasteiger partial charge in [0.25, 0.3) is 5.69 Å². The smallest absolute Gasteiger partial charge is 0.270 e. The Kier molecular flexibility index (Phi) is 5.31. The minimum absolute atomic E-state index is 0.0775. The topological polar surface area (TPSA) is 96.5 Å². The van der Waals surface area contributed by atoms with Crippen LogP contribution < -0.4 is 10.2 Å². The molecule has 1 atom stereocenters. The molecule has 1 saturated heterocycles. The van der Waals surface area contributed by atoms with Gasteiger partial charge >= 0.3 is 0 Å². The quantitative estimate of drug-likeness (QED) is 0.621. The third kappa shape index (κ3) is 3.98. The average Bonchev–Trinajstić information content (AvgIpc) is 3.17. The molecule has 130 valence electrons. The highest BCUT2D eigenvalue weighted by Crippen LogP contribution is 2.22. The van der Waals surface area contributed by atoms with Gasteiger partial charge in [-0.2, -0.15) is 5.26 Å². The predicted octanol–water partition coefficient (Wildman–Crippen LogP) is 2.28. The second-order valence-corrected chi connectivity index (χ2v) is 6.27. The van der Waals surface area contributed by atoms with Gasteiger partial charge in [0.15, 0.2) is 11.8 Å². The van der Waals surface area contributed by atoms with Crippen molar-refractivity contribution in [1.82, 2.24) is 0 Å². The summed E-state index contributed by atoms with van der Waals surface area (Å²) in [5.41, 5.74) is 0.813. The number of quaternary nitrogens is 1. The number of nitro benzene ring substituents is 1. The number of hydrogen-bond donors (Lipinski definition) is 2. The highest BCUT2D eigenvalue weighted by atomic mass is 16.6. The van der Waals surface area contributed by atoms with Crippen LogP contribution in [0.4, 0.5) is 11.4 Å². The van der Waals surface area contributed by atoms with Gasteiger partial charge in [0.2, 0.25) is 0 Å². The zero-order valence-corrected chi connectivity index (χ0v) is 13.9. The Balaban J connectivity index is 1.77. The molecular formula is C18H21N4O3+. The van der Waals surface area contributed by atoms with Crippen molar-refractivity contribution in [2.45, 2.75) is 25.3 Å². The van der Waals surface area contributed by atoms with E-state index in [1.807, 2.05) is 18.2 Å². The summed E-state index contributed by atoms with van der Waals surface area (Å²) in [6, 6.07) is 10.4. The maximum absolute atomic E-state index is 10.9. The molecule has 0 spiro atoms. The van der Waals surface area contributed by atoms with Crippen LogP contribution in [0.15, 0.2) is 41.0 Å². The van der Waals surface area contributed by atoms with E-state index in [0.29, 0.717) is 12.2 Å². The molecule has 1 aliphatic heterocycles. The summed E-state index contributed by atoms with van der Waals surface area (Å²) >= 11 is 0. The van der Waals surface area contributed by atoms with Gasteiger partial charge in [0.1, 0.15) is 6.07 Å². The number of nitriles is 1. The molecule has 0 unspecified atom stereocenters. The maximum atomic E-state index is 10.9. The molecular weight excluding hydrogens is 320 g/mol. The molecule has 0 aliphatic carbocycles. The number of likely N-dealkylation sites (tertiary alicyclic amines) is 1. The van der Waals surface area contributed by atoms with Crippen molar-refractivity contribution in [3.05, 3.63) is 58.0 Å². The van der Waals surface area contributed by atoms with Gasteiger partial charge < -0.3 is 14.6 Å². The monoisotopic (exact) mass is 341 g/mol. The first-order chi connectivity index (χ1) is 12.2. The molecule has 0 saturated carbocycles. The summed E-state index contributed by atoms with van der Waals surface area (Å²) in [7, 11) is 0. The number of rotatable bonds is 6. The van der Waals surface area contributed by atoms with Crippen LogP contribution in [-0.4, -0.2) is 24.6 Å². The minimum Gasteiger partial charge on any atom is -0.463 e. The van der Waals surface area contributed by atoms with Crippen molar-refractivity contribution in [3.8, 4) is 6.07 Å². The number of hydrogen-bond acceptors (Lipinski definition) is 5. The Morgan fingerprint density at radius 3 is 2.76 bits per heavy atom. The zero-order chi connectivity index (χ0) is 17.6. The van der Waals surface area contributed by atoms with Crippen molar-refractivity contribution >= 4 is 11.4 Å². The molecule has 7 heteroatoms. The Morgan fingerprint density at radius 1 is 1.32 bits per heavy atom. The van der Waals surface area contributed by atoms with Gasteiger partial charge in [-0.25, -0.2) is 0 Å². The Labute approximate surface area is 146 Å². The number of nitrogens with one attached hydrogen (secondary N) is 2. The van der Waals surface area contributed by atoms with Crippen LogP contribution in [0.25, 0.3) is 0 Å². The van der Waals surface area contributed by atoms with Gasteiger partial charge in [-0.15, -0.1) is 0 Å². The molecule has 3 rings (SSSR count). The second-order valence-electron chi connectivity index (χ2n) is 6.27. The van der Waals surface area contributed by atoms with Gasteiger partial charge in [0.05, 0.1) is 42.1 Å². The van der Waals surface area contributed by atoms with Crippen molar-refractivity contribution in [3.63, 3.8) is 0 Å². The van der Waals surface area contributed by atoms with Gasteiger partial charge in [0, 0.05) is 12.1 Å². The Morgan fingerprint density at radius 2 is 2.12 bits per heavy atom. The highest BCUT2D eigenvalue weighted by molar-refractivity contribution is 5.61. The van der Waals surface area contributed by atoms with Crippen LogP contribution in [-0.2, 0) is 0 Å². The zero-order valence-electron chi connectivity index (χ0n) is 13.9. The molecule has 2 aromatic rings. The first kappa shape index (κ1) is 17.0. The molecule has 2 heterocycles. The predicted molar refractivity (Wildman–Crippen MR) is 92.3 cm³/mol. The molecule has 0 bridgehead atoms. The lowest BCUT2D eigenvalue weighted by Gasteiger charge is -2.30. The van der Waals surface area contributed by atoms with E-state index in [1.54, 1.807) is 12.3 Å². The van der Waals surface area contributed by atoms with E-state index < -0.39 is 4.92 Å². The molecule has 1 aromatic heterocycles. The van der Waals surface area contributed by atoms with E-state index in [-0.39, 0.29) is 17.3 Å². The molecule has 1 fully saturated rings. The fourth-order valence-corrected chi connectivity index (χ4v) is 3.39. The van der Waals surface area contributed by atoms with E-state index >= 15 is 0 Å². The standard InChI is InChI=1S/C18H20N4O3/c19-12-14-11-15(22(23)24)6-7-16(14)20-13-17(18-5-4-10-25-18)21-8-2-1-3-9-21/h4-7,10-11,17,20H,1-3,8-9,13H2/p+1/t17-/m1/s1. The fourth-order valence-electron chi connectivity index (χ4n) is 3.39. The normalized spacial score (nSPS) is 16.1. The van der Waals surface area contributed by atoms with E-state index in [9.17, 15) is 15.4 Å². The van der Waals surface area contributed by atoms with Gasteiger partial charge in [-0.3, -0.25) is 10.1 Å². The fraction of sp³-hybridized carbons (Fsp3) is 0.389. The molecule has 0 amide bonds. The molecule has 25 heavy (non-hydrogen) atoms. The second kappa shape index (κ2) is 7.81. The van der Waals surface area contributed by atoms with Crippen molar-refractivity contribution in [2.24, 2.45) is 0 Å². The Bertz CT molecular complexity index is 761. The number of piperidine rings is 1. The number of benzene rings is 1. The van der Waals surface area contributed by atoms with Crippen molar-refractivity contribution in [1.29, 1.82) is 5.26 Å². The van der Waals surface area contributed by atoms with E-state index in [1.165, 1.54) is 36.3 Å². The van der Waals surface area contributed by atoms with E-state index in [2.05, 4.69) is 5.32 Å². The molecule has 1 aromatic carbocycles. The summed E-state index contributed by atoms with van der Waals surface area (Å²) in [4.78, 5) is 11.8. The SMILES string of the molecule is N#Cc1cc([N+](=O)[O-])ccc1NC[C@H](c1ccco1)[NH+]1CCCCC1. The van der Waals surface area contributed by atoms with Crippen LogP contribution in [0.2, 0.25) is 0 Å². The van der Waals surface area contributed by atoms with Crippen LogP contribution in [0.5, 0.6) is 0 Å².